The molecule has 1 unspecified atom stereocenters. The first kappa shape index (κ1) is 35.2. The molecule has 0 aliphatic carbocycles. The Kier molecular flexibility index (Phi) is 10.8. The number of carbonyl (C=O) groups excluding carboxylic acids is 3. The fourth-order valence-electron chi connectivity index (χ4n) is 5.18. The van der Waals surface area contributed by atoms with Crippen LogP contribution in [0.15, 0.2) is 59.5 Å². The molecule has 1 atom stereocenters. The number of aromatic nitrogens is 3. The van der Waals surface area contributed by atoms with Crippen molar-refractivity contribution in [1.29, 1.82) is 0 Å². The number of fused-ring (bicyclic) bond motifs is 1. The number of carbonyl (C=O) groups is 3. The maximum absolute atomic E-state index is 13.9. The number of nitrogens with zero attached hydrogens (tertiary/aromatic N) is 4. The first-order chi connectivity index (χ1) is 23.2. The summed E-state index contributed by atoms with van der Waals surface area (Å²) in [4.78, 5) is 67.8. The van der Waals surface area contributed by atoms with Crippen LogP contribution in [0.2, 0.25) is 5.02 Å². The summed E-state index contributed by atoms with van der Waals surface area (Å²) in [5, 5.41) is 8.70. The number of benzene rings is 2. The van der Waals surface area contributed by atoms with Gasteiger partial charge in [-0.1, -0.05) is 23.7 Å². The molecule has 3 amide bonds. The summed E-state index contributed by atoms with van der Waals surface area (Å²) in [7, 11) is 2.04. The molecular formula is C34H38ClFN8O5. The molecule has 3 heterocycles. The summed E-state index contributed by atoms with van der Waals surface area (Å²) in [5.74, 6) is -1.24. The van der Waals surface area contributed by atoms with Crippen LogP contribution in [0.5, 0.6) is 0 Å². The topological polar surface area (TPSA) is 162 Å². The molecule has 0 radical (unpaired) electrons. The number of rotatable bonds is 9. The number of hydrogen-bond acceptors (Lipinski definition) is 9. The zero-order valence-corrected chi connectivity index (χ0v) is 28.4. The number of aromatic amines is 1. The van der Waals surface area contributed by atoms with E-state index in [0.717, 1.165) is 26.2 Å². The maximum atomic E-state index is 13.9. The van der Waals surface area contributed by atoms with Gasteiger partial charge in [-0.2, -0.15) is 4.98 Å². The van der Waals surface area contributed by atoms with Gasteiger partial charge in [0, 0.05) is 49.9 Å². The smallest absolute Gasteiger partial charge is 0.407 e. The van der Waals surface area contributed by atoms with Crippen molar-refractivity contribution in [3.05, 3.63) is 92.6 Å². The highest BCUT2D eigenvalue weighted by Gasteiger charge is 2.22. The van der Waals surface area contributed by atoms with Crippen LogP contribution in [0.3, 0.4) is 0 Å². The van der Waals surface area contributed by atoms with Crippen molar-refractivity contribution in [2.75, 3.05) is 50.0 Å². The number of ether oxygens (including phenoxy) is 1. The van der Waals surface area contributed by atoms with Crippen LogP contribution in [0.1, 0.15) is 47.1 Å². The van der Waals surface area contributed by atoms with Crippen LogP contribution >= 0.6 is 11.6 Å². The predicted molar refractivity (Wildman–Crippen MR) is 185 cm³/mol. The van der Waals surface area contributed by atoms with Crippen LogP contribution in [-0.2, 0) is 11.2 Å². The third-order valence-electron chi connectivity index (χ3n) is 7.69. The van der Waals surface area contributed by atoms with Gasteiger partial charge in [0.05, 0.1) is 16.8 Å². The van der Waals surface area contributed by atoms with Crippen molar-refractivity contribution in [3.8, 4) is 0 Å². The summed E-state index contributed by atoms with van der Waals surface area (Å²) < 4.78 is 19.2. The number of halogens is 2. The van der Waals surface area contributed by atoms with Gasteiger partial charge in [0.15, 0.2) is 0 Å². The van der Waals surface area contributed by atoms with E-state index in [9.17, 15) is 23.6 Å². The minimum atomic E-state index is -0.753. The molecule has 1 fully saturated rings. The summed E-state index contributed by atoms with van der Waals surface area (Å²) in [6.07, 6.45) is 1.08. The standard InChI is InChI=1S/C34H38ClFN8O5/c1-34(2,3)49-33(48)38-19-24(15-20-6-5-7-23(36)14-20)39-29(45)21-8-9-26(35)27(17-21)40-30(46)25-16-22-18-37-32(42-28(22)41-31(25)47)44-12-10-43(4)11-13-44/h5-9,14,16-18,24H,10-13,15,19H2,1-4H3,(H,38,48)(H,39,45)(H,40,46)(H,37,41,42,47). The van der Waals surface area contributed by atoms with Crippen molar-refractivity contribution in [1.82, 2.24) is 30.5 Å². The first-order valence-corrected chi connectivity index (χ1v) is 16.1. The first-order valence-electron chi connectivity index (χ1n) is 15.7. The van der Waals surface area contributed by atoms with Gasteiger partial charge in [-0.15, -0.1) is 0 Å². The van der Waals surface area contributed by atoms with Crippen molar-refractivity contribution in [2.45, 2.75) is 38.8 Å². The summed E-state index contributed by atoms with van der Waals surface area (Å²) in [6, 6.07) is 10.9. The van der Waals surface area contributed by atoms with Crippen LogP contribution in [0.25, 0.3) is 11.0 Å². The summed E-state index contributed by atoms with van der Waals surface area (Å²) in [6.45, 7) is 8.40. The molecule has 1 aliphatic rings. The summed E-state index contributed by atoms with van der Waals surface area (Å²) in [5.41, 5.74) is -0.450. The monoisotopic (exact) mass is 692 g/mol. The predicted octanol–water partition coefficient (Wildman–Crippen LogP) is 3.98. The SMILES string of the molecule is CN1CCN(c2ncc3cc(C(=O)Nc4cc(C(=O)NC(CNC(=O)OC(C)(C)C)Cc5cccc(F)c5)ccc4Cl)c(=O)[nH]c3n2)CC1. The number of alkyl carbamates (subject to hydrolysis) is 1. The second-order valence-corrected chi connectivity index (χ2v) is 13.2. The second kappa shape index (κ2) is 15.0. The van der Waals surface area contributed by atoms with Crippen molar-refractivity contribution in [3.63, 3.8) is 0 Å². The van der Waals surface area contributed by atoms with E-state index in [0.29, 0.717) is 22.5 Å². The molecule has 1 aliphatic heterocycles. The molecule has 5 rings (SSSR count). The second-order valence-electron chi connectivity index (χ2n) is 12.8. The van der Waals surface area contributed by atoms with E-state index >= 15 is 0 Å². The van der Waals surface area contributed by atoms with Gasteiger partial charge in [0.1, 0.15) is 22.6 Å². The molecule has 1 saturated heterocycles. The number of pyridine rings is 1. The van der Waals surface area contributed by atoms with Crippen LogP contribution in [0.4, 0.5) is 20.8 Å². The van der Waals surface area contributed by atoms with Crippen molar-refractivity contribution >= 4 is 52.2 Å². The van der Waals surface area contributed by atoms with Gasteiger partial charge in [-0.05, 0) is 76.2 Å². The van der Waals surface area contributed by atoms with E-state index in [-0.39, 0.29) is 34.8 Å². The number of likely N-dealkylation sites (N-methyl/N-ethyl adjacent to an activating group) is 1. The molecule has 4 aromatic rings. The van der Waals surface area contributed by atoms with Crippen molar-refractivity contribution < 1.29 is 23.5 Å². The van der Waals surface area contributed by atoms with Crippen LogP contribution < -0.4 is 26.4 Å². The Balaban J connectivity index is 1.30. The Hall–Kier alpha value is -5.08. The van der Waals surface area contributed by atoms with E-state index < -0.39 is 40.9 Å². The largest absolute Gasteiger partial charge is 0.444 e. The molecular weight excluding hydrogens is 655 g/mol. The summed E-state index contributed by atoms with van der Waals surface area (Å²) >= 11 is 6.38. The Labute approximate surface area is 287 Å². The molecule has 258 valence electrons. The molecule has 4 N–H and O–H groups in total. The Bertz CT molecular complexity index is 1920. The van der Waals surface area contributed by atoms with Gasteiger partial charge in [0.25, 0.3) is 17.4 Å². The van der Waals surface area contributed by atoms with E-state index in [4.69, 9.17) is 16.3 Å². The molecule has 2 aromatic carbocycles. The molecule has 13 nitrogen and oxygen atoms in total. The van der Waals surface area contributed by atoms with Gasteiger partial charge < -0.3 is 35.5 Å². The fraction of sp³-hybridized carbons (Fsp3) is 0.353. The molecule has 0 spiro atoms. The number of amides is 3. The zero-order valence-electron chi connectivity index (χ0n) is 27.6. The maximum Gasteiger partial charge on any atom is 0.407 e. The lowest BCUT2D eigenvalue weighted by atomic mass is 10.0. The molecule has 0 bridgehead atoms. The minimum absolute atomic E-state index is 0.0142. The lowest BCUT2D eigenvalue weighted by molar-refractivity contribution is 0.0519. The average molecular weight is 693 g/mol. The van der Waals surface area contributed by atoms with E-state index in [2.05, 4.69) is 35.8 Å². The van der Waals surface area contributed by atoms with Crippen LogP contribution in [0, 0.1) is 5.82 Å². The minimum Gasteiger partial charge on any atom is -0.444 e. The zero-order chi connectivity index (χ0) is 35.3. The van der Waals surface area contributed by atoms with E-state index in [1.165, 1.54) is 36.4 Å². The van der Waals surface area contributed by atoms with E-state index in [1.54, 1.807) is 39.1 Å². The van der Waals surface area contributed by atoms with E-state index in [1.807, 2.05) is 11.9 Å². The highest BCUT2D eigenvalue weighted by Crippen LogP contribution is 2.24. The Morgan fingerprint density at radius 2 is 1.82 bits per heavy atom. The average Bonchev–Trinajstić information content (AvgIpc) is 3.03. The lowest BCUT2D eigenvalue weighted by Gasteiger charge is -2.32. The number of anilines is 2. The van der Waals surface area contributed by atoms with Crippen LogP contribution in [-0.4, -0.2) is 89.2 Å². The Morgan fingerprint density at radius 3 is 2.53 bits per heavy atom. The molecule has 49 heavy (non-hydrogen) atoms. The highest BCUT2D eigenvalue weighted by atomic mass is 35.5. The van der Waals surface area contributed by atoms with Gasteiger partial charge in [0.2, 0.25) is 5.95 Å². The third kappa shape index (κ3) is 9.51. The third-order valence-corrected chi connectivity index (χ3v) is 8.02. The molecule has 0 saturated carbocycles. The molecule has 15 heteroatoms. The Morgan fingerprint density at radius 1 is 1.06 bits per heavy atom. The van der Waals surface area contributed by atoms with Gasteiger partial charge in [-0.25, -0.2) is 14.2 Å². The quantitative estimate of drug-likeness (QED) is 0.203. The fourth-order valence-corrected chi connectivity index (χ4v) is 5.34. The number of hydrogen-bond donors (Lipinski definition) is 4. The van der Waals surface area contributed by atoms with Crippen molar-refractivity contribution in [2.24, 2.45) is 0 Å². The number of nitrogens with one attached hydrogen (secondary N) is 4. The van der Waals surface area contributed by atoms with Gasteiger partial charge >= 0.3 is 6.09 Å². The molecule has 2 aromatic heterocycles. The lowest BCUT2D eigenvalue weighted by Crippen LogP contribution is -2.46. The number of H-pyrrole nitrogens is 1. The normalized spacial score (nSPS) is 14.3. The van der Waals surface area contributed by atoms with Gasteiger partial charge in [-0.3, -0.25) is 14.4 Å². The number of piperazine rings is 1. The highest BCUT2D eigenvalue weighted by molar-refractivity contribution is 6.34.